The highest BCUT2D eigenvalue weighted by molar-refractivity contribution is 9.10. The van der Waals surface area contributed by atoms with Crippen LogP contribution in [0.2, 0.25) is 0 Å². The van der Waals surface area contributed by atoms with Crippen molar-refractivity contribution in [2.75, 3.05) is 20.1 Å². The molecular weight excluding hydrogens is 328 g/mol. The van der Waals surface area contributed by atoms with Gasteiger partial charge in [-0.25, -0.2) is 0 Å². The predicted molar refractivity (Wildman–Crippen MR) is 88.3 cm³/mol. The Morgan fingerprint density at radius 2 is 2.00 bits per heavy atom. The van der Waals surface area contributed by atoms with Crippen LogP contribution in [0.3, 0.4) is 0 Å². The van der Waals surface area contributed by atoms with Gasteiger partial charge in [-0.3, -0.25) is 4.79 Å². The van der Waals surface area contributed by atoms with E-state index >= 15 is 0 Å². The number of halogens is 1. The third-order valence-corrected chi connectivity index (χ3v) is 5.66. The molecule has 1 saturated heterocycles. The van der Waals surface area contributed by atoms with Crippen LogP contribution >= 0.6 is 15.9 Å². The van der Waals surface area contributed by atoms with Crippen LogP contribution in [0.4, 0.5) is 0 Å². The summed E-state index contributed by atoms with van der Waals surface area (Å²) >= 11 is 3.48. The van der Waals surface area contributed by atoms with Crippen molar-refractivity contribution in [1.82, 2.24) is 10.2 Å². The summed E-state index contributed by atoms with van der Waals surface area (Å²) in [4.78, 5) is 15.2. The van der Waals surface area contributed by atoms with Gasteiger partial charge in [-0.1, -0.05) is 34.5 Å². The van der Waals surface area contributed by atoms with Gasteiger partial charge in [0.15, 0.2) is 0 Å². The molecule has 1 aromatic rings. The topological polar surface area (TPSA) is 32.3 Å². The fraction of sp³-hybridized carbons (Fsp3) is 0.588. The van der Waals surface area contributed by atoms with Crippen LogP contribution in [0, 0.1) is 0 Å². The number of nitrogens with one attached hydrogen (secondary N) is 1. The summed E-state index contributed by atoms with van der Waals surface area (Å²) in [7, 11) is 1.99. The summed E-state index contributed by atoms with van der Waals surface area (Å²) in [6, 6.07) is 8.77. The number of benzene rings is 1. The quantitative estimate of drug-likeness (QED) is 0.908. The molecule has 3 rings (SSSR count). The highest BCUT2D eigenvalue weighted by Crippen LogP contribution is 2.45. The summed E-state index contributed by atoms with van der Waals surface area (Å²) in [6.45, 7) is 1.77. The van der Waals surface area contributed by atoms with Gasteiger partial charge in [0.2, 0.25) is 5.91 Å². The molecule has 1 saturated carbocycles. The standard InChI is InChI=1S/C17H23BrN2O/c1-19-15-4-2-11-20(12-15)16(21)17(9-3-10-17)13-5-7-14(18)8-6-13/h5-8,15,19H,2-4,9-12H2,1H3. The van der Waals surface area contributed by atoms with Gasteiger partial charge in [-0.05, 0) is 50.4 Å². The number of hydrogen-bond donors (Lipinski definition) is 1. The largest absolute Gasteiger partial charge is 0.340 e. The number of rotatable bonds is 3. The first-order valence-corrected chi connectivity index (χ1v) is 8.68. The van der Waals surface area contributed by atoms with E-state index in [1.165, 1.54) is 12.0 Å². The van der Waals surface area contributed by atoms with Gasteiger partial charge < -0.3 is 10.2 Å². The van der Waals surface area contributed by atoms with E-state index in [-0.39, 0.29) is 5.41 Å². The number of likely N-dealkylation sites (tertiary alicyclic amines) is 1. The normalized spacial score (nSPS) is 24.5. The van der Waals surface area contributed by atoms with Crippen molar-refractivity contribution in [3.8, 4) is 0 Å². The Morgan fingerprint density at radius 3 is 2.57 bits per heavy atom. The van der Waals surface area contributed by atoms with Crippen LogP contribution in [0.1, 0.15) is 37.7 Å². The molecule has 1 amide bonds. The average Bonchev–Trinajstić information content (AvgIpc) is 2.48. The summed E-state index contributed by atoms with van der Waals surface area (Å²) in [6.07, 6.45) is 5.42. The molecule has 2 fully saturated rings. The van der Waals surface area contributed by atoms with E-state index in [0.717, 1.165) is 43.2 Å². The van der Waals surface area contributed by atoms with Gasteiger partial charge in [0.05, 0.1) is 5.41 Å². The van der Waals surface area contributed by atoms with Crippen molar-refractivity contribution in [2.24, 2.45) is 0 Å². The van der Waals surface area contributed by atoms with E-state index in [1.807, 2.05) is 7.05 Å². The second-order valence-corrected chi connectivity index (χ2v) is 7.24. The number of hydrogen-bond acceptors (Lipinski definition) is 2. The lowest BCUT2D eigenvalue weighted by Crippen LogP contribution is -2.55. The number of amides is 1. The minimum absolute atomic E-state index is 0.254. The molecule has 1 aliphatic heterocycles. The van der Waals surface area contributed by atoms with Crippen molar-refractivity contribution >= 4 is 21.8 Å². The average molecular weight is 351 g/mol. The minimum Gasteiger partial charge on any atom is -0.340 e. The molecule has 2 aliphatic rings. The molecule has 1 aromatic carbocycles. The molecule has 3 nitrogen and oxygen atoms in total. The van der Waals surface area contributed by atoms with Gasteiger partial charge in [0.25, 0.3) is 0 Å². The Labute approximate surface area is 135 Å². The molecule has 4 heteroatoms. The zero-order chi connectivity index (χ0) is 14.9. The minimum atomic E-state index is -0.254. The fourth-order valence-electron chi connectivity index (χ4n) is 3.63. The van der Waals surface area contributed by atoms with Gasteiger partial charge in [0.1, 0.15) is 0 Å². The van der Waals surface area contributed by atoms with Crippen molar-refractivity contribution in [3.63, 3.8) is 0 Å². The third kappa shape index (κ3) is 2.76. The fourth-order valence-corrected chi connectivity index (χ4v) is 3.89. The summed E-state index contributed by atoms with van der Waals surface area (Å²) < 4.78 is 1.07. The van der Waals surface area contributed by atoms with Crippen molar-refractivity contribution in [3.05, 3.63) is 34.3 Å². The predicted octanol–water partition coefficient (Wildman–Crippen LogP) is 3.08. The summed E-state index contributed by atoms with van der Waals surface area (Å²) in [5.74, 6) is 0.344. The lowest BCUT2D eigenvalue weighted by atomic mass is 9.63. The first kappa shape index (κ1) is 15.0. The second kappa shape index (κ2) is 6.09. The van der Waals surface area contributed by atoms with Crippen molar-refractivity contribution in [2.45, 2.75) is 43.6 Å². The zero-order valence-corrected chi connectivity index (χ0v) is 14.2. The first-order valence-electron chi connectivity index (χ1n) is 7.88. The van der Waals surface area contributed by atoms with Gasteiger partial charge in [0, 0.05) is 23.6 Å². The van der Waals surface area contributed by atoms with E-state index in [9.17, 15) is 4.79 Å². The molecule has 114 valence electrons. The van der Waals surface area contributed by atoms with Crippen LogP contribution in [-0.4, -0.2) is 37.0 Å². The number of carbonyl (C=O) groups is 1. The van der Waals surface area contributed by atoms with Gasteiger partial charge >= 0.3 is 0 Å². The Hall–Kier alpha value is -0.870. The highest BCUT2D eigenvalue weighted by atomic mass is 79.9. The molecule has 1 atom stereocenters. The lowest BCUT2D eigenvalue weighted by molar-refractivity contribution is -0.142. The monoisotopic (exact) mass is 350 g/mol. The van der Waals surface area contributed by atoms with E-state index in [0.29, 0.717) is 11.9 Å². The Balaban J connectivity index is 1.82. The molecule has 21 heavy (non-hydrogen) atoms. The van der Waals surface area contributed by atoms with Crippen LogP contribution < -0.4 is 5.32 Å². The van der Waals surface area contributed by atoms with Gasteiger partial charge in [-0.15, -0.1) is 0 Å². The van der Waals surface area contributed by atoms with Crippen LogP contribution in [0.5, 0.6) is 0 Å². The zero-order valence-electron chi connectivity index (χ0n) is 12.6. The SMILES string of the molecule is CNC1CCCN(C(=O)C2(c3ccc(Br)cc3)CCC2)C1. The van der Waals surface area contributed by atoms with Crippen molar-refractivity contribution < 1.29 is 4.79 Å². The Bertz CT molecular complexity index is 510. The molecule has 0 bridgehead atoms. The van der Waals surface area contributed by atoms with E-state index in [1.54, 1.807) is 0 Å². The first-order chi connectivity index (χ1) is 10.2. The number of carbonyl (C=O) groups excluding carboxylic acids is 1. The van der Waals surface area contributed by atoms with Crippen LogP contribution in [0.15, 0.2) is 28.7 Å². The molecule has 1 N–H and O–H groups in total. The number of piperidine rings is 1. The third-order valence-electron chi connectivity index (χ3n) is 5.13. The lowest BCUT2D eigenvalue weighted by Gasteiger charge is -2.46. The van der Waals surface area contributed by atoms with E-state index in [2.05, 4.69) is 50.4 Å². The Morgan fingerprint density at radius 1 is 1.29 bits per heavy atom. The molecule has 0 spiro atoms. The van der Waals surface area contributed by atoms with Crippen LogP contribution in [0.25, 0.3) is 0 Å². The maximum Gasteiger partial charge on any atom is 0.233 e. The number of nitrogens with zero attached hydrogens (tertiary/aromatic N) is 1. The van der Waals surface area contributed by atoms with Crippen molar-refractivity contribution in [1.29, 1.82) is 0 Å². The van der Waals surface area contributed by atoms with Gasteiger partial charge in [-0.2, -0.15) is 0 Å². The summed E-state index contributed by atoms with van der Waals surface area (Å²) in [5.41, 5.74) is 0.935. The van der Waals surface area contributed by atoms with E-state index < -0.39 is 0 Å². The number of likely N-dealkylation sites (N-methyl/N-ethyl adjacent to an activating group) is 1. The maximum atomic E-state index is 13.1. The molecule has 1 unspecified atom stereocenters. The molecular formula is C17H23BrN2O. The smallest absolute Gasteiger partial charge is 0.233 e. The highest BCUT2D eigenvalue weighted by Gasteiger charge is 2.48. The molecule has 1 aliphatic carbocycles. The maximum absolute atomic E-state index is 13.1. The molecule has 0 radical (unpaired) electrons. The van der Waals surface area contributed by atoms with E-state index in [4.69, 9.17) is 0 Å². The molecule has 1 heterocycles. The summed E-state index contributed by atoms with van der Waals surface area (Å²) in [5, 5.41) is 3.32. The molecule has 0 aromatic heterocycles. The second-order valence-electron chi connectivity index (χ2n) is 6.32. The Kier molecular flexibility index (Phi) is 4.36. The van der Waals surface area contributed by atoms with Crippen LogP contribution in [-0.2, 0) is 10.2 Å².